The molecule has 0 unspecified atom stereocenters. The predicted molar refractivity (Wildman–Crippen MR) is 120 cm³/mol. The minimum absolute atomic E-state index is 0.116. The number of hydrogen-bond acceptors (Lipinski definition) is 3. The standard InChI is InChI=1S/C23H27ClN4O/c1-27(2)16-5-17-28-21-7-4-3-6-20(21)26-22(28)14-15-25-23(29)13-10-18-8-11-19(24)12-9-18/h3-4,6-13H,5,14-17H2,1-2H3,(H,25,29)/b13-10+. The lowest BCUT2D eigenvalue weighted by atomic mass is 10.2. The molecule has 29 heavy (non-hydrogen) atoms. The summed E-state index contributed by atoms with van der Waals surface area (Å²) in [7, 11) is 4.17. The summed E-state index contributed by atoms with van der Waals surface area (Å²) in [5.41, 5.74) is 3.09. The summed E-state index contributed by atoms with van der Waals surface area (Å²) in [6, 6.07) is 15.6. The fraction of sp³-hybridized carbons (Fsp3) is 0.304. The molecular weight excluding hydrogens is 384 g/mol. The number of fused-ring (bicyclic) bond motifs is 1. The van der Waals surface area contributed by atoms with E-state index in [2.05, 4.69) is 34.9 Å². The maximum atomic E-state index is 12.1. The summed E-state index contributed by atoms with van der Waals surface area (Å²) in [6.45, 7) is 2.48. The molecule has 1 amide bonds. The van der Waals surface area contributed by atoms with Crippen molar-refractivity contribution in [1.29, 1.82) is 0 Å². The third kappa shape index (κ3) is 6.17. The fourth-order valence-electron chi connectivity index (χ4n) is 3.21. The maximum Gasteiger partial charge on any atom is 0.244 e. The summed E-state index contributed by atoms with van der Waals surface area (Å²) < 4.78 is 2.27. The van der Waals surface area contributed by atoms with Crippen molar-refractivity contribution < 1.29 is 4.79 Å². The van der Waals surface area contributed by atoms with Gasteiger partial charge in [0.05, 0.1) is 11.0 Å². The topological polar surface area (TPSA) is 50.2 Å². The number of carbonyl (C=O) groups excluding carboxylic acids is 1. The highest BCUT2D eigenvalue weighted by atomic mass is 35.5. The van der Waals surface area contributed by atoms with E-state index in [9.17, 15) is 4.79 Å². The van der Waals surface area contributed by atoms with Gasteiger partial charge in [-0.2, -0.15) is 0 Å². The van der Waals surface area contributed by atoms with Gasteiger partial charge in [0.2, 0.25) is 5.91 Å². The third-order valence-corrected chi connectivity index (χ3v) is 4.92. The molecule has 6 heteroatoms. The second kappa shape index (κ2) is 10.2. The first-order valence-corrected chi connectivity index (χ1v) is 10.2. The Morgan fingerprint density at radius 1 is 1.17 bits per heavy atom. The van der Waals surface area contributed by atoms with Gasteiger partial charge in [-0.25, -0.2) is 4.98 Å². The maximum absolute atomic E-state index is 12.1. The zero-order valence-electron chi connectivity index (χ0n) is 16.9. The molecule has 3 rings (SSSR count). The molecule has 0 aliphatic carbocycles. The highest BCUT2D eigenvalue weighted by molar-refractivity contribution is 6.30. The second-order valence-electron chi connectivity index (χ2n) is 7.25. The summed E-state index contributed by atoms with van der Waals surface area (Å²) in [6.07, 6.45) is 5.07. The lowest BCUT2D eigenvalue weighted by molar-refractivity contribution is -0.116. The van der Waals surface area contributed by atoms with Crippen LogP contribution in [0.4, 0.5) is 0 Å². The van der Waals surface area contributed by atoms with Gasteiger partial charge in [0.15, 0.2) is 0 Å². The SMILES string of the molecule is CN(C)CCCn1c(CCNC(=O)/C=C/c2ccc(Cl)cc2)nc2ccccc21. The monoisotopic (exact) mass is 410 g/mol. The normalized spacial score (nSPS) is 11.6. The summed E-state index contributed by atoms with van der Waals surface area (Å²) in [4.78, 5) is 19.1. The van der Waals surface area contributed by atoms with Crippen LogP contribution in [0.2, 0.25) is 5.02 Å². The van der Waals surface area contributed by atoms with E-state index in [1.54, 1.807) is 24.3 Å². The number of rotatable bonds is 9. The van der Waals surface area contributed by atoms with Crippen LogP contribution in [0.15, 0.2) is 54.6 Å². The first-order valence-electron chi connectivity index (χ1n) is 9.83. The van der Waals surface area contributed by atoms with Gasteiger partial charge in [-0.3, -0.25) is 4.79 Å². The van der Waals surface area contributed by atoms with Crippen molar-refractivity contribution in [2.24, 2.45) is 0 Å². The number of benzene rings is 2. The van der Waals surface area contributed by atoms with E-state index in [0.717, 1.165) is 41.9 Å². The van der Waals surface area contributed by atoms with Crippen molar-refractivity contribution in [1.82, 2.24) is 19.8 Å². The highest BCUT2D eigenvalue weighted by Gasteiger charge is 2.10. The molecule has 3 aromatic rings. The molecule has 0 atom stereocenters. The minimum atomic E-state index is -0.116. The lowest BCUT2D eigenvalue weighted by Gasteiger charge is -2.12. The first-order chi connectivity index (χ1) is 14.0. The number of carbonyl (C=O) groups is 1. The summed E-state index contributed by atoms with van der Waals surface area (Å²) in [5, 5.41) is 3.63. The zero-order chi connectivity index (χ0) is 20.6. The Morgan fingerprint density at radius 3 is 2.69 bits per heavy atom. The first kappa shape index (κ1) is 21.1. The van der Waals surface area contributed by atoms with Crippen molar-refractivity contribution in [3.8, 4) is 0 Å². The Hall–Kier alpha value is -2.63. The second-order valence-corrected chi connectivity index (χ2v) is 7.69. The molecule has 0 aliphatic heterocycles. The molecule has 0 aliphatic rings. The molecule has 0 saturated carbocycles. The molecule has 0 saturated heterocycles. The summed E-state index contributed by atoms with van der Waals surface area (Å²) >= 11 is 5.88. The molecule has 1 aromatic heterocycles. The van der Waals surface area contributed by atoms with E-state index < -0.39 is 0 Å². The Morgan fingerprint density at radius 2 is 1.93 bits per heavy atom. The van der Waals surface area contributed by atoms with Gasteiger partial charge in [-0.15, -0.1) is 0 Å². The molecule has 0 fully saturated rings. The highest BCUT2D eigenvalue weighted by Crippen LogP contribution is 2.17. The quantitative estimate of drug-likeness (QED) is 0.542. The van der Waals surface area contributed by atoms with E-state index in [1.165, 1.54) is 0 Å². The van der Waals surface area contributed by atoms with Gasteiger partial charge in [0.1, 0.15) is 5.82 Å². The Kier molecular flexibility index (Phi) is 7.44. The molecule has 152 valence electrons. The average molecular weight is 411 g/mol. The zero-order valence-corrected chi connectivity index (χ0v) is 17.7. The van der Waals surface area contributed by atoms with Gasteiger partial charge in [0, 0.05) is 30.6 Å². The average Bonchev–Trinajstić information content (AvgIpc) is 3.05. The number of amides is 1. The Balaban J connectivity index is 1.59. The van der Waals surface area contributed by atoms with Crippen LogP contribution >= 0.6 is 11.6 Å². The van der Waals surface area contributed by atoms with E-state index in [1.807, 2.05) is 30.3 Å². The molecule has 1 N–H and O–H groups in total. The van der Waals surface area contributed by atoms with E-state index >= 15 is 0 Å². The molecule has 0 radical (unpaired) electrons. The van der Waals surface area contributed by atoms with Crippen LogP contribution in [-0.2, 0) is 17.8 Å². The van der Waals surface area contributed by atoms with Gasteiger partial charge in [-0.05, 0) is 63.0 Å². The number of hydrogen-bond donors (Lipinski definition) is 1. The summed E-state index contributed by atoms with van der Waals surface area (Å²) in [5.74, 6) is 0.891. The van der Waals surface area contributed by atoms with E-state index in [-0.39, 0.29) is 5.91 Å². The van der Waals surface area contributed by atoms with E-state index in [0.29, 0.717) is 18.0 Å². The van der Waals surface area contributed by atoms with Crippen molar-refractivity contribution in [2.45, 2.75) is 19.4 Å². The number of aromatic nitrogens is 2. The van der Waals surface area contributed by atoms with E-state index in [4.69, 9.17) is 16.6 Å². The molecule has 5 nitrogen and oxygen atoms in total. The van der Waals surface area contributed by atoms with Crippen molar-refractivity contribution >= 4 is 34.6 Å². The number of halogens is 1. The van der Waals surface area contributed by atoms with Gasteiger partial charge < -0.3 is 14.8 Å². The van der Waals surface area contributed by atoms with Gasteiger partial charge in [-0.1, -0.05) is 35.9 Å². The lowest BCUT2D eigenvalue weighted by Crippen LogP contribution is -2.24. The molecule has 0 bridgehead atoms. The van der Waals surface area contributed by atoms with Gasteiger partial charge >= 0.3 is 0 Å². The van der Waals surface area contributed by atoms with Crippen molar-refractivity contribution in [3.63, 3.8) is 0 Å². The van der Waals surface area contributed by atoms with Gasteiger partial charge in [0.25, 0.3) is 0 Å². The van der Waals surface area contributed by atoms with Crippen LogP contribution in [0.5, 0.6) is 0 Å². The minimum Gasteiger partial charge on any atom is -0.352 e. The Labute approximate surface area is 177 Å². The smallest absolute Gasteiger partial charge is 0.244 e. The predicted octanol–water partition coefficient (Wildman–Crippen LogP) is 4.01. The molecule has 1 heterocycles. The fourth-order valence-corrected chi connectivity index (χ4v) is 3.34. The van der Waals surface area contributed by atoms with Crippen LogP contribution in [0.25, 0.3) is 17.1 Å². The van der Waals surface area contributed by atoms with Crippen LogP contribution in [-0.4, -0.2) is 47.5 Å². The molecule has 2 aromatic carbocycles. The molecular formula is C23H27ClN4O. The van der Waals surface area contributed by atoms with Crippen molar-refractivity contribution in [2.75, 3.05) is 27.2 Å². The van der Waals surface area contributed by atoms with Crippen LogP contribution in [0, 0.1) is 0 Å². The van der Waals surface area contributed by atoms with Crippen molar-refractivity contribution in [3.05, 3.63) is 71.0 Å². The Bertz CT molecular complexity index is 976. The van der Waals surface area contributed by atoms with Crippen LogP contribution in [0.3, 0.4) is 0 Å². The number of aryl methyl sites for hydroxylation is 1. The largest absolute Gasteiger partial charge is 0.352 e. The number of imidazole rings is 1. The van der Waals surface area contributed by atoms with Crippen LogP contribution in [0.1, 0.15) is 17.8 Å². The number of nitrogens with one attached hydrogen (secondary N) is 1. The third-order valence-electron chi connectivity index (χ3n) is 4.67. The number of para-hydroxylation sites is 2. The number of nitrogens with zero attached hydrogens (tertiary/aromatic N) is 3. The van der Waals surface area contributed by atoms with Crippen LogP contribution < -0.4 is 5.32 Å². The molecule has 0 spiro atoms.